The largest absolute Gasteiger partial charge is 0.388 e. The summed E-state index contributed by atoms with van der Waals surface area (Å²) in [6.07, 6.45) is 2.86. The van der Waals surface area contributed by atoms with Gasteiger partial charge >= 0.3 is 0 Å². The fourth-order valence-electron chi connectivity index (χ4n) is 2.35. The highest BCUT2D eigenvalue weighted by Gasteiger charge is 2.31. The Balaban J connectivity index is 2.08. The topological polar surface area (TPSA) is 74.7 Å². The summed E-state index contributed by atoms with van der Waals surface area (Å²) in [7, 11) is 3.47. The number of likely N-dealkylation sites (N-methyl/N-ethyl adjacent to an activating group) is 1. The van der Waals surface area contributed by atoms with Crippen molar-refractivity contribution < 1.29 is 14.6 Å². The van der Waals surface area contributed by atoms with Gasteiger partial charge in [0.1, 0.15) is 5.69 Å². The third-order valence-corrected chi connectivity index (χ3v) is 3.60. The Morgan fingerprint density at radius 2 is 2.25 bits per heavy atom. The lowest BCUT2D eigenvalue weighted by Crippen LogP contribution is -2.45. The molecule has 6 heteroatoms. The molecule has 0 spiro atoms. The van der Waals surface area contributed by atoms with E-state index < -0.39 is 5.60 Å². The number of pyridine rings is 1. The second kappa shape index (κ2) is 6.19. The molecule has 0 radical (unpaired) electrons. The van der Waals surface area contributed by atoms with E-state index in [4.69, 9.17) is 4.74 Å². The number of aliphatic hydroxyl groups is 1. The molecule has 1 saturated heterocycles. The molecule has 0 saturated carbocycles. The number of nitrogens with zero attached hydrogens (tertiary/aromatic N) is 2. The van der Waals surface area contributed by atoms with Crippen LogP contribution in [0, 0.1) is 0 Å². The third-order valence-electron chi connectivity index (χ3n) is 3.60. The van der Waals surface area contributed by atoms with E-state index >= 15 is 0 Å². The lowest BCUT2D eigenvalue weighted by atomic mass is 9.94. The van der Waals surface area contributed by atoms with Gasteiger partial charge in [-0.1, -0.05) is 0 Å². The zero-order valence-corrected chi connectivity index (χ0v) is 11.9. The summed E-state index contributed by atoms with van der Waals surface area (Å²) in [4.78, 5) is 17.6. The maximum Gasteiger partial charge on any atom is 0.269 e. The summed E-state index contributed by atoms with van der Waals surface area (Å²) in [5.41, 5.74) is 0.498. The summed E-state index contributed by atoms with van der Waals surface area (Å²) in [6, 6.07) is 3.55. The van der Waals surface area contributed by atoms with E-state index in [0.29, 0.717) is 38.3 Å². The molecule has 2 rings (SSSR count). The minimum Gasteiger partial charge on any atom is -0.388 e. The molecule has 2 heterocycles. The van der Waals surface area contributed by atoms with Crippen molar-refractivity contribution in [2.75, 3.05) is 38.8 Å². The molecule has 1 amide bonds. The molecule has 2 N–H and O–H groups in total. The second-order valence-electron chi connectivity index (χ2n) is 5.17. The molecular weight excluding hydrogens is 258 g/mol. The standard InChI is InChI=1S/C14H21N3O3/c1-15-13(18)12-9-11(3-6-16-12)17(2)10-14(19)4-7-20-8-5-14/h3,6,9,19H,4-5,7-8,10H2,1-2H3,(H,15,18). The average Bonchev–Trinajstić information content (AvgIpc) is 2.47. The van der Waals surface area contributed by atoms with E-state index in [1.165, 1.54) is 0 Å². The van der Waals surface area contributed by atoms with E-state index in [0.717, 1.165) is 5.69 Å². The van der Waals surface area contributed by atoms with Gasteiger partial charge in [0.25, 0.3) is 5.91 Å². The van der Waals surface area contributed by atoms with Gasteiger partial charge in [0.2, 0.25) is 0 Å². The van der Waals surface area contributed by atoms with E-state index in [9.17, 15) is 9.90 Å². The summed E-state index contributed by atoms with van der Waals surface area (Å²) in [6.45, 7) is 1.68. The van der Waals surface area contributed by atoms with Crippen LogP contribution in [-0.2, 0) is 4.74 Å². The number of aromatic nitrogens is 1. The zero-order chi connectivity index (χ0) is 14.6. The highest BCUT2D eigenvalue weighted by Crippen LogP contribution is 2.24. The molecule has 0 aliphatic carbocycles. The number of carbonyl (C=O) groups is 1. The Morgan fingerprint density at radius 1 is 1.55 bits per heavy atom. The van der Waals surface area contributed by atoms with Crippen molar-refractivity contribution in [2.24, 2.45) is 0 Å². The number of anilines is 1. The number of amides is 1. The fourth-order valence-corrected chi connectivity index (χ4v) is 2.35. The molecule has 0 unspecified atom stereocenters. The number of hydrogen-bond acceptors (Lipinski definition) is 5. The normalized spacial score (nSPS) is 17.6. The van der Waals surface area contributed by atoms with Gasteiger partial charge in [0.05, 0.1) is 5.60 Å². The molecule has 1 aromatic heterocycles. The summed E-state index contributed by atoms with van der Waals surface area (Å²) in [5, 5.41) is 13.1. The van der Waals surface area contributed by atoms with E-state index in [1.54, 1.807) is 19.3 Å². The summed E-state index contributed by atoms with van der Waals surface area (Å²) < 4.78 is 5.28. The van der Waals surface area contributed by atoms with Crippen LogP contribution in [0.25, 0.3) is 0 Å². The number of nitrogens with one attached hydrogen (secondary N) is 1. The van der Waals surface area contributed by atoms with E-state index in [-0.39, 0.29) is 5.91 Å². The van der Waals surface area contributed by atoms with Gasteiger partial charge in [-0.05, 0) is 12.1 Å². The SMILES string of the molecule is CNC(=O)c1cc(N(C)CC2(O)CCOCC2)ccn1. The van der Waals surface area contributed by atoms with Crippen LogP contribution in [0.5, 0.6) is 0 Å². The lowest BCUT2D eigenvalue weighted by Gasteiger charge is -2.36. The highest BCUT2D eigenvalue weighted by molar-refractivity contribution is 5.92. The van der Waals surface area contributed by atoms with Gasteiger partial charge in [0, 0.05) is 58.6 Å². The first-order chi connectivity index (χ1) is 9.54. The second-order valence-corrected chi connectivity index (χ2v) is 5.17. The van der Waals surface area contributed by atoms with E-state index in [2.05, 4.69) is 10.3 Å². The number of ether oxygens (including phenoxy) is 1. The quantitative estimate of drug-likeness (QED) is 0.835. The van der Waals surface area contributed by atoms with Crippen molar-refractivity contribution in [2.45, 2.75) is 18.4 Å². The maximum atomic E-state index is 11.6. The Morgan fingerprint density at radius 3 is 2.90 bits per heavy atom. The predicted molar refractivity (Wildman–Crippen MR) is 75.9 cm³/mol. The molecule has 110 valence electrons. The summed E-state index contributed by atoms with van der Waals surface area (Å²) in [5.74, 6) is -0.218. The molecule has 0 atom stereocenters. The van der Waals surface area contributed by atoms with Gasteiger partial charge in [-0.3, -0.25) is 9.78 Å². The van der Waals surface area contributed by atoms with Crippen LogP contribution in [0.2, 0.25) is 0 Å². The van der Waals surface area contributed by atoms with Crippen LogP contribution >= 0.6 is 0 Å². The van der Waals surface area contributed by atoms with Gasteiger partial charge in [-0.15, -0.1) is 0 Å². The van der Waals surface area contributed by atoms with Crippen LogP contribution in [0.15, 0.2) is 18.3 Å². The molecule has 1 aliphatic rings. The molecule has 0 bridgehead atoms. The Hall–Kier alpha value is -1.66. The van der Waals surface area contributed by atoms with Gasteiger partial charge in [-0.25, -0.2) is 0 Å². The average molecular weight is 279 g/mol. The molecule has 0 aromatic carbocycles. The summed E-state index contributed by atoms with van der Waals surface area (Å²) >= 11 is 0. The molecule has 1 aromatic rings. The minimum absolute atomic E-state index is 0.218. The zero-order valence-electron chi connectivity index (χ0n) is 11.9. The van der Waals surface area contributed by atoms with E-state index in [1.807, 2.05) is 18.0 Å². The van der Waals surface area contributed by atoms with Gasteiger partial charge in [-0.2, -0.15) is 0 Å². The number of hydrogen-bond donors (Lipinski definition) is 2. The van der Waals surface area contributed by atoms with Crippen LogP contribution in [-0.4, -0.2) is 55.5 Å². The van der Waals surface area contributed by atoms with Crippen molar-refractivity contribution in [1.29, 1.82) is 0 Å². The molecule has 1 fully saturated rings. The maximum absolute atomic E-state index is 11.6. The molecule has 6 nitrogen and oxygen atoms in total. The Bertz CT molecular complexity index is 472. The predicted octanol–water partition coefficient (Wildman–Crippen LogP) is 0.419. The monoisotopic (exact) mass is 279 g/mol. The first-order valence-electron chi connectivity index (χ1n) is 6.73. The number of carbonyl (C=O) groups excluding carboxylic acids is 1. The van der Waals surface area contributed by atoms with Gasteiger partial charge < -0.3 is 20.1 Å². The Kier molecular flexibility index (Phi) is 4.57. The fraction of sp³-hybridized carbons (Fsp3) is 0.571. The van der Waals surface area contributed by atoms with Crippen molar-refractivity contribution >= 4 is 11.6 Å². The van der Waals surface area contributed by atoms with Crippen LogP contribution < -0.4 is 10.2 Å². The lowest BCUT2D eigenvalue weighted by molar-refractivity contribution is -0.0572. The third kappa shape index (κ3) is 3.46. The smallest absolute Gasteiger partial charge is 0.269 e. The van der Waals surface area contributed by atoms with Crippen molar-refractivity contribution in [1.82, 2.24) is 10.3 Å². The van der Waals surface area contributed by atoms with Gasteiger partial charge in [0.15, 0.2) is 0 Å². The van der Waals surface area contributed by atoms with Crippen LogP contribution in [0.4, 0.5) is 5.69 Å². The molecule has 1 aliphatic heterocycles. The first kappa shape index (κ1) is 14.7. The van der Waals surface area contributed by atoms with Crippen LogP contribution in [0.1, 0.15) is 23.3 Å². The van der Waals surface area contributed by atoms with Crippen molar-refractivity contribution in [3.8, 4) is 0 Å². The first-order valence-corrected chi connectivity index (χ1v) is 6.73. The Labute approximate surface area is 118 Å². The van der Waals surface area contributed by atoms with Crippen LogP contribution in [0.3, 0.4) is 0 Å². The molecule has 20 heavy (non-hydrogen) atoms. The number of rotatable bonds is 4. The highest BCUT2D eigenvalue weighted by atomic mass is 16.5. The molecular formula is C14H21N3O3. The van der Waals surface area contributed by atoms with Crippen molar-refractivity contribution in [3.05, 3.63) is 24.0 Å². The minimum atomic E-state index is -0.733. The van der Waals surface area contributed by atoms with Crippen molar-refractivity contribution in [3.63, 3.8) is 0 Å².